The smallest absolute Gasteiger partial charge is 0.350 e. The van der Waals surface area contributed by atoms with Crippen LogP contribution in [-0.4, -0.2) is 142 Å². The zero-order valence-corrected chi connectivity index (χ0v) is 60.0. The highest BCUT2D eigenvalue weighted by atomic mass is 35.5. The molecule has 102 heavy (non-hydrogen) atoms. The van der Waals surface area contributed by atoms with E-state index in [1.165, 1.54) is 0 Å². The van der Waals surface area contributed by atoms with Gasteiger partial charge in [0.15, 0.2) is 0 Å². The fourth-order valence-corrected chi connectivity index (χ4v) is 13.8. The van der Waals surface area contributed by atoms with Crippen LogP contribution in [0, 0.1) is 46.8 Å². The van der Waals surface area contributed by atoms with Gasteiger partial charge in [-0.2, -0.15) is 5.26 Å². The summed E-state index contributed by atoms with van der Waals surface area (Å²) in [6, 6.07) is 10.2. The van der Waals surface area contributed by atoms with Crippen molar-refractivity contribution in [2.75, 3.05) is 19.6 Å². The Morgan fingerprint density at radius 2 is 0.902 bits per heavy atom. The van der Waals surface area contributed by atoms with E-state index >= 15 is 0 Å². The number of nitrogens with zero attached hydrogens (tertiary/aromatic N) is 2. The number of benzene rings is 3. The first-order valence-corrected chi connectivity index (χ1v) is 36.2. The van der Waals surface area contributed by atoms with Crippen molar-refractivity contribution in [3.05, 3.63) is 95.6 Å². The summed E-state index contributed by atoms with van der Waals surface area (Å²) in [6.45, 7) is 1.90. The number of fused-ring (bicyclic) bond motifs is 3. The zero-order valence-electron chi connectivity index (χ0n) is 55.4. The lowest BCUT2D eigenvalue weighted by atomic mass is 9.91. The second-order valence-corrected chi connectivity index (χ2v) is 29.3. The number of hydrogen-bond acceptors (Lipinski definition) is 14. The van der Waals surface area contributed by atoms with Gasteiger partial charge in [0.1, 0.15) is 47.3 Å². The largest absolute Gasteiger partial charge is 0.477 e. The number of hydrogen-bond donors (Lipinski definition) is 14. The first-order chi connectivity index (χ1) is 48.6. The van der Waals surface area contributed by atoms with Gasteiger partial charge in [0.25, 0.3) is 11.8 Å². The predicted molar refractivity (Wildman–Crippen MR) is 385 cm³/mol. The summed E-state index contributed by atoms with van der Waals surface area (Å²) in [5.41, 5.74) is 19.5. The molecule has 6 heterocycles. The van der Waals surface area contributed by atoms with Crippen LogP contribution >= 0.6 is 69.6 Å². The molecule has 12 rings (SSSR count). The Labute approximate surface area is 617 Å². The molecule has 546 valence electrons. The molecule has 27 nitrogen and oxygen atoms in total. The van der Waals surface area contributed by atoms with Gasteiger partial charge in [0, 0.05) is 65.2 Å². The van der Waals surface area contributed by atoms with E-state index in [4.69, 9.17) is 91.9 Å². The Morgan fingerprint density at radius 3 is 1.29 bits per heavy atom. The number of primary amides is 2. The van der Waals surface area contributed by atoms with Crippen LogP contribution in [0.25, 0.3) is 21.8 Å². The van der Waals surface area contributed by atoms with E-state index in [2.05, 4.69) is 63.6 Å². The van der Waals surface area contributed by atoms with Crippen LogP contribution in [-0.2, 0) is 49.6 Å². The molecule has 0 unspecified atom stereocenters. The summed E-state index contributed by atoms with van der Waals surface area (Å²) in [4.78, 5) is 144. The van der Waals surface area contributed by atoms with E-state index in [-0.39, 0.29) is 78.2 Å². The maximum absolute atomic E-state index is 13.1. The van der Waals surface area contributed by atoms with Crippen molar-refractivity contribution in [2.24, 2.45) is 57.7 Å². The lowest BCUT2D eigenvalue weighted by Gasteiger charge is -2.27. The van der Waals surface area contributed by atoms with Crippen LogP contribution < -0.4 is 59.7 Å². The Bertz CT molecular complexity index is 4030. The van der Waals surface area contributed by atoms with E-state index in [0.29, 0.717) is 139 Å². The van der Waals surface area contributed by atoms with E-state index in [0.717, 1.165) is 57.8 Å². The highest BCUT2D eigenvalue weighted by Gasteiger charge is 2.38. The molecular weight excluding hydrogens is 1440 g/mol. The van der Waals surface area contributed by atoms with Crippen molar-refractivity contribution < 1.29 is 57.8 Å². The van der Waals surface area contributed by atoms with Gasteiger partial charge in [-0.3, -0.25) is 47.9 Å². The van der Waals surface area contributed by atoms with Gasteiger partial charge in [-0.25, -0.2) is 9.79 Å². The van der Waals surface area contributed by atoms with Crippen molar-refractivity contribution in [3.63, 3.8) is 0 Å². The standard InChI is InChI=1S/C23H27Cl2N5O4.C23H25Cl2N5O3.C14H24N4O3.C9H5Cl2NO2/c24-14-5-6-15(25)19-13(14)10-18(28-19)23(34)30-17(8-11-3-4-11)22(33)29-16(20(26)31)9-12-2-1-7-27-21(12)32;24-16-5-6-17(25)20-15(16)10-19(29-20)23(33)30-18(8-12-3-4-12)22(32)28-14(11-26)9-13-2-1-7-27-21(13)31;15-10(6-8-3-4-8)14(21)18-11(12(16)19)7-9-2-1-5-17-13(9)20;10-5-1-2-6(11)8-4(5)3-7(12-8)9(13)14/h5-6,10-12,16-17,28H,1-4,7-9H2,(H2,26,31)(H,27,32)(H,29,33)(H,30,34);5-6,10,12-14,18,29H,1-4,7-9H2,(H,27,31)(H,28,32)(H,30,33);8-11H,1-7,15H2,(H2,16,19)(H,17,20)(H,18,21);1-2H,3H2,(H,13,14)/t12-,16-,17-;13-,14-,18-;9-,10-,11-;/m000./s1. The number of H-pyrrole nitrogens is 2. The first kappa shape index (κ1) is 77.9. The number of carbonyl (C=O) groups excluding carboxylic acids is 10. The number of rotatable bonds is 25. The van der Waals surface area contributed by atoms with E-state index in [1.807, 2.05) is 0 Å². The average Bonchev–Trinajstić information content (AvgIpc) is 1.66. The Morgan fingerprint density at radius 1 is 0.510 bits per heavy atom. The molecular formula is C69H81Cl6N15O12. The maximum atomic E-state index is 13.1. The summed E-state index contributed by atoms with van der Waals surface area (Å²) in [6.07, 6.45) is 13.1. The highest BCUT2D eigenvalue weighted by Crippen LogP contribution is 2.40. The van der Waals surface area contributed by atoms with Crippen LogP contribution in [0.15, 0.2) is 53.5 Å². The molecule has 0 bridgehead atoms. The van der Waals surface area contributed by atoms with E-state index in [1.54, 1.807) is 48.5 Å². The monoisotopic (exact) mass is 1520 g/mol. The number of halogens is 6. The minimum Gasteiger partial charge on any atom is -0.477 e. The summed E-state index contributed by atoms with van der Waals surface area (Å²) < 4.78 is 0. The SMILES string of the molecule is N#C[C@H](C[C@@H]1CCCNC1=O)NC(=O)[C@H](CC1CC1)NC(=O)c1cc2c(Cl)ccc(Cl)c2[nH]1.NC(=O)[C@H](C[C@@H]1CCCNC1=O)NC(=O)[C@@H](N)CC1CC1.NC(=O)[C@H](C[C@@H]1CCCNC1=O)NC(=O)[C@H](CC1CC1)NC(=O)c1cc2c(Cl)ccc(Cl)c2[nH]1.O=C(O)C1=Nc2c(Cl)ccc(Cl)c2C1. The molecule has 3 saturated heterocycles. The van der Waals surface area contributed by atoms with Crippen LogP contribution in [0.5, 0.6) is 0 Å². The number of aromatic nitrogens is 2. The lowest BCUT2D eigenvalue weighted by molar-refractivity contribution is -0.131. The van der Waals surface area contributed by atoms with Crippen molar-refractivity contribution in [1.82, 2.24) is 52.5 Å². The van der Waals surface area contributed by atoms with Gasteiger partial charge in [0.2, 0.25) is 47.3 Å². The van der Waals surface area contributed by atoms with Crippen LogP contribution in [0.4, 0.5) is 5.69 Å². The number of carboxylic acids is 1. The van der Waals surface area contributed by atoms with E-state index < -0.39 is 83.6 Å². The number of piperidine rings is 3. The topological polar surface area (TPSA) is 450 Å². The van der Waals surface area contributed by atoms with Crippen molar-refractivity contribution in [1.29, 1.82) is 5.26 Å². The fourth-order valence-electron chi connectivity index (χ4n) is 12.5. The molecule has 10 amide bonds. The maximum Gasteiger partial charge on any atom is 0.350 e. The molecule has 7 aliphatic rings. The Kier molecular flexibility index (Phi) is 27.3. The number of carbonyl (C=O) groups is 11. The van der Waals surface area contributed by atoms with Gasteiger partial charge in [-0.1, -0.05) is 108 Å². The van der Waals surface area contributed by atoms with Crippen molar-refractivity contribution >= 4 is 168 Å². The van der Waals surface area contributed by atoms with Crippen LogP contribution in [0.2, 0.25) is 30.1 Å². The number of aliphatic imine (C=N–C) groups is 1. The second-order valence-electron chi connectivity index (χ2n) is 26.8. The molecule has 0 radical (unpaired) electrons. The normalized spacial score (nSPS) is 20.0. The number of nitrogens with one attached hydrogen (secondary N) is 10. The number of nitriles is 1. The number of aromatic amines is 2. The highest BCUT2D eigenvalue weighted by molar-refractivity contribution is 6.43. The lowest BCUT2D eigenvalue weighted by Crippen LogP contribution is -2.54. The first-order valence-electron chi connectivity index (χ1n) is 34.0. The molecule has 33 heteroatoms. The molecule has 2 aromatic heterocycles. The third-order valence-corrected chi connectivity index (χ3v) is 20.8. The molecule has 6 fully saturated rings. The molecule has 17 N–H and O–H groups in total. The molecule has 9 atom stereocenters. The Hall–Kier alpha value is -8.23. The average molecular weight is 1530 g/mol. The van der Waals surface area contributed by atoms with Gasteiger partial charge in [-0.15, -0.1) is 0 Å². The molecule has 3 aliphatic carbocycles. The summed E-state index contributed by atoms with van der Waals surface area (Å²) in [5, 5.41) is 44.1. The van der Waals surface area contributed by atoms with Crippen LogP contribution in [0.3, 0.4) is 0 Å². The van der Waals surface area contributed by atoms with Gasteiger partial charge >= 0.3 is 5.97 Å². The van der Waals surface area contributed by atoms with Crippen molar-refractivity contribution in [2.45, 2.75) is 158 Å². The van der Waals surface area contributed by atoms with Gasteiger partial charge < -0.3 is 74.8 Å². The zero-order chi connectivity index (χ0) is 73.6. The number of aliphatic carboxylic acids is 1. The van der Waals surface area contributed by atoms with E-state index in [9.17, 15) is 58.0 Å². The molecule has 3 aromatic carbocycles. The minimum atomic E-state index is -1.03. The summed E-state index contributed by atoms with van der Waals surface area (Å²) in [5.74, 6) is -4.72. The number of amides is 10. The summed E-state index contributed by atoms with van der Waals surface area (Å²) >= 11 is 36.6. The molecule has 3 saturated carbocycles. The molecule has 0 spiro atoms. The third-order valence-electron chi connectivity index (χ3n) is 18.8. The summed E-state index contributed by atoms with van der Waals surface area (Å²) in [7, 11) is 0. The number of carboxylic acid groups (broad SMARTS) is 1. The molecule has 5 aromatic rings. The molecule has 4 aliphatic heterocycles. The third kappa shape index (κ3) is 21.7. The quantitative estimate of drug-likeness (QED) is 0.0273. The van der Waals surface area contributed by atoms with Gasteiger partial charge in [0.05, 0.1) is 53.9 Å². The predicted octanol–water partition coefficient (Wildman–Crippen LogP) is 7.26. The Balaban J connectivity index is 0.000000166. The minimum absolute atomic E-state index is 0.0787. The number of nitrogens with two attached hydrogens (primary N) is 3. The fraction of sp³-hybridized carbons (Fsp3) is 0.493. The second kappa shape index (κ2) is 35.8. The van der Waals surface area contributed by atoms with Crippen LogP contribution in [0.1, 0.15) is 142 Å². The van der Waals surface area contributed by atoms with Crippen molar-refractivity contribution in [3.8, 4) is 6.07 Å². The van der Waals surface area contributed by atoms with Gasteiger partial charge in [-0.05, 0) is 143 Å².